The Morgan fingerprint density at radius 1 is 1.47 bits per heavy atom. The molecule has 0 saturated heterocycles. The van der Waals surface area contributed by atoms with E-state index in [-0.39, 0.29) is 17.6 Å². The minimum atomic E-state index is -0.0538. The highest BCUT2D eigenvalue weighted by Gasteiger charge is 2.21. The minimum Gasteiger partial charge on any atom is -0.365 e. The molecule has 19 heavy (non-hydrogen) atoms. The van der Waals surface area contributed by atoms with Crippen molar-refractivity contribution in [3.05, 3.63) is 22.7 Å². The largest absolute Gasteiger partial charge is 0.365 e. The lowest BCUT2D eigenvalue weighted by Gasteiger charge is -2.28. The molecule has 0 bridgehead atoms. The highest BCUT2D eigenvalue weighted by atomic mass is 16.1. The van der Waals surface area contributed by atoms with Crippen LogP contribution in [0.5, 0.6) is 0 Å². The molecule has 0 spiro atoms. The molecule has 0 aliphatic heterocycles. The second-order valence-electron chi connectivity index (χ2n) is 5.67. The standard InChI is InChI=1S/C14H24N4O/c1-10(2)18-8-7-16-13(14(18)19)17-9-11-5-3-4-6-12(11)15/h7-8,10-12H,3-6,9,15H2,1-2H3,(H,16,17). The van der Waals surface area contributed by atoms with Gasteiger partial charge in [0.15, 0.2) is 5.82 Å². The van der Waals surface area contributed by atoms with E-state index in [4.69, 9.17) is 5.73 Å². The van der Waals surface area contributed by atoms with Crippen LogP contribution >= 0.6 is 0 Å². The van der Waals surface area contributed by atoms with E-state index in [1.165, 1.54) is 12.8 Å². The van der Waals surface area contributed by atoms with Gasteiger partial charge >= 0.3 is 0 Å². The predicted octanol–water partition coefficient (Wildman–Crippen LogP) is 1.75. The summed E-state index contributed by atoms with van der Waals surface area (Å²) < 4.78 is 1.69. The first kappa shape index (κ1) is 14.1. The van der Waals surface area contributed by atoms with Crippen LogP contribution in [0.15, 0.2) is 17.2 Å². The average molecular weight is 264 g/mol. The number of nitrogens with two attached hydrogens (primary N) is 1. The molecule has 5 nitrogen and oxygen atoms in total. The fourth-order valence-electron chi connectivity index (χ4n) is 2.67. The summed E-state index contributed by atoms with van der Waals surface area (Å²) in [6, 6.07) is 0.394. The van der Waals surface area contributed by atoms with Gasteiger partial charge in [0.2, 0.25) is 0 Å². The van der Waals surface area contributed by atoms with E-state index in [2.05, 4.69) is 10.3 Å². The molecule has 5 heteroatoms. The van der Waals surface area contributed by atoms with Crippen molar-refractivity contribution in [3.63, 3.8) is 0 Å². The van der Waals surface area contributed by atoms with Crippen LogP contribution in [0.25, 0.3) is 0 Å². The number of aromatic nitrogens is 2. The van der Waals surface area contributed by atoms with Crippen molar-refractivity contribution in [2.75, 3.05) is 11.9 Å². The Kier molecular flexibility index (Phi) is 4.58. The maximum Gasteiger partial charge on any atom is 0.293 e. The maximum absolute atomic E-state index is 12.2. The summed E-state index contributed by atoms with van der Waals surface area (Å²) in [6.07, 6.45) is 8.08. The summed E-state index contributed by atoms with van der Waals surface area (Å²) in [7, 11) is 0. The smallest absolute Gasteiger partial charge is 0.293 e. The maximum atomic E-state index is 12.2. The lowest BCUT2D eigenvalue weighted by molar-refractivity contribution is 0.321. The lowest BCUT2D eigenvalue weighted by atomic mass is 9.85. The fraction of sp³-hybridized carbons (Fsp3) is 0.714. The third-order valence-electron chi connectivity index (χ3n) is 3.92. The SMILES string of the molecule is CC(C)n1ccnc(NCC2CCCCC2N)c1=O. The van der Waals surface area contributed by atoms with Gasteiger partial charge in [-0.1, -0.05) is 12.8 Å². The first-order valence-electron chi connectivity index (χ1n) is 7.16. The van der Waals surface area contributed by atoms with Gasteiger partial charge < -0.3 is 15.6 Å². The second kappa shape index (κ2) is 6.19. The summed E-state index contributed by atoms with van der Waals surface area (Å²) >= 11 is 0. The van der Waals surface area contributed by atoms with E-state index in [0.717, 1.165) is 19.4 Å². The molecule has 1 aromatic rings. The Morgan fingerprint density at radius 2 is 2.21 bits per heavy atom. The highest BCUT2D eigenvalue weighted by molar-refractivity contribution is 5.31. The van der Waals surface area contributed by atoms with E-state index in [1.54, 1.807) is 17.0 Å². The summed E-state index contributed by atoms with van der Waals surface area (Å²) in [5.74, 6) is 0.886. The molecule has 1 fully saturated rings. The Bertz CT molecular complexity index is 469. The van der Waals surface area contributed by atoms with Crippen molar-refractivity contribution in [2.45, 2.75) is 51.6 Å². The van der Waals surface area contributed by atoms with Gasteiger partial charge in [0, 0.05) is 31.0 Å². The zero-order chi connectivity index (χ0) is 13.8. The van der Waals surface area contributed by atoms with Gasteiger partial charge in [-0.05, 0) is 32.6 Å². The minimum absolute atomic E-state index is 0.0538. The molecule has 0 radical (unpaired) electrons. The number of nitrogens with zero attached hydrogens (tertiary/aromatic N) is 2. The van der Waals surface area contributed by atoms with Crippen LogP contribution in [0, 0.1) is 5.92 Å². The summed E-state index contributed by atoms with van der Waals surface area (Å²) in [5.41, 5.74) is 6.06. The lowest BCUT2D eigenvalue weighted by Crippen LogP contribution is -2.38. The third-order valence-corrected chi connectivity index (χ3v) is 3.92. The van der Waals surface area contributed by atoms with Gasteiger partial charge in [-0.2, -0.15) is 0 Å². The topological polar surface area (TPSA) is 72.9 Å². The normalized spacial score (nSPS) is 23.6. The van der Waals surface area contributed by atoms with Gasteiger partial charge in [-0.3, -0.25) is 4.79 Å². The van der Waals surface area contributed by atoms with Crippen LogP contribution in [0.1, 0.15) is 45.6 Å². The van der Waals surface area contributed by atoms with E-state index in [0.29, 0.717) is 11.7 Å². The first-order valence-corrected chi connectivity index (χ1v) is 7.16. The van der Waals surface area contributed by atoms with E-state index >= 15 is 0 Å². The monoisotopic (exact) mass is 264 g/mol. The molecule has 2 unspecified atom stereocenters. The third kappa shape index (κ3) is 3.35. The molecule has 2 atom stereocenters. The molecule has 1 aliphatic rings. The summed E-state index contributed by atoms with van der Waals surface area (Å²) in [4.78, 5) is 16.3. The van der Waals surface area contributed by atoms with E-state index in [9.17, 15) is 4.79 Å². The van der Waals surface area contributed by atoms with Crippen molar-refractivity contribution in [3.8, 4) is 0 Å². The number of rotatable bonds is 4. The number of hydrogen-bond acceptors (Lipinski definition) is 4. The Balaban J connectivity index is 2.03. The Morgan fingerprint density at radius 3 is 2.89 bits per heavy atom. The van der Waals surface area contributed by atoms with Crippen molar-refractivity contribution in [1.29, 1.82) is 0 Å². The predicted molar refractivity (Wildman–Crippen MR) is 77.3 cm³/mol. The molecule has 106 valence electrons. The van der Waals surface area contributed by atoms with Gasteiger partial charge in [-0.25, -0.2) is 4.98 Å². The van der Waals surface area contributed by atoms with E-state index < -0.39 is 0 Å². The second-order valence-corrected chi connectivity index (χ2v) is 5.67. The fourth-order valence-corrected chi connectivity index (χ4v) is 2.67. The van der Waals surface area contributed by atoms with Crippen LogP contribution in [0.4, 0.5) is 5.82 Å². The molecule has 1 saturated carbocycles. The number of anilines is 1. The van der Waals surface area contributed by atoms with Crippen molar-refractivity contribution >= 4 is 5.82 Å². The zero-order valence-electron chi connectivity index (χ0n) is 11.8. The van der Waals surface area contributed by atoms with Gasteiger partial charge in [-0.15, -0.1) is 0 Å². The molecule has 0 amide bonds. The first-order chi connectivity index (χ1) is 9.09. The summed E-state index contributed by atoms with van der Waals surface area (Å²) in [5, 5.41) is 3.18. The van der Waals surface area contributed by atoms with Crippen molar-refractivity contribution in [1.82, 2.24) is 9.55 Å². The molecule has 1 aliphatic carbocycles. The van der Waals surface area contributed by atoms with Crippen LogP contribution < -0.4 is 16.6 Å². The number of hydrogen-bond donors (Lipinski definition) is 2. The van der Waals surface area contributed by atoms with Crippen LogP contribution in [-0.4, -0.2) is 22.1 Å². The molecule has 1 aromatic heterocycles. The van der Waals surface area contributed by atoms with Crippen LogP contribution in [0.2, 0.25) is 0 Å². The molecular formula is C14H24N4O. The molecular weight excluding hydrogens is 240 g/mol. The van der Waals surface area contributed by atoms with Crippen molar-refractivity contribution in [2.24, 2.45) is 11.7 Å². The van der Waals surface area contributed by atoms with E-state index in [1.807, 2.05) is 13.8 Å². The zero-order valence-corrected chi connectivity index (χ0v) is 11.8. The molecule has 1 heterocycles. The van der Waals surface area contributed by atoms with Gasteiger partial charge in [0.1, 0.15) is 0 Å². The molecule has 0 aromatic carbocycles. The van der Waals surface area contributed by atoms with Crippen molar-refractivity contribution < 1.29 is 0 Å². The molecule has 2 rings (SSSR count). The number of nitrogens with one attached hydrogen (secondary N) is 1. The Hall–Kier alpha value is -1.36. The molecule has 3 N–H and O–H groups in total. The average Bonchev–Trinajstić information content (AvgIpc) is 2.39. The van der Waals surface area contributed by atoms with Gasteiger partial charge in [0.25, 0.3) is 5.56 Å². The van der Waals surface area contributed by atoms with Crippen LogP contribution in [-0.2, 0) is 0 Å². The Labute approximate surface area is 114 Å². The van der Waals surface area contributed by atoms with Gasteiger partial charge in [0.05, 0.1) is 0 Å². The highest BCUT2D eigenvalue weighted by Crippen LogP contribution is 2.22. The summed E-state index contributed by atoms with van der Waals surface area (Å²) in [6.45, 7) is 4.72. The van der Waals surface area contributed by atoms with Crippen LogP contribution in [0.3, 0.4) is 0 Å². The quantitative estimate of drug-likeness (QED) is 0.869.